The summed E-state index contributed by atoms with van der Waals surface area (Å²) in [5.74, 6) is 0. The number of rotatable bonds is 2. The number of hydrogen-bond acceptors (Lipinski definition) is 2. The largest absolute Gasteiger partial charge is 0.245 e. The number of aromatic nitrogens is 1. The van der Waals surface area contributed by atoms with Crippen LogP contribution < -0.4 is 0 Å². The van der Waals surface area contributed by atoms with Crippen molar-refractivity contribution < 1.29 is 0 Å². The first-order valence-electron chi connectivity index (χ1n) is 4.98. The van der Waals surface area contributed by atoms with E-state index in [0.717, 1.165) is 11.1 Å². The van der Waals surface area contributed by atoms with E-state index in [2.05, 4.69) is 4.98 Å². The van der Waals surface area contributed by atoms with Crippen molar-refractivity contribution in [1.82, 2.24) is 4.98 Å². The normalized spacial score (nSPS) is 10.2. The van der Waals surface area contributed by atoms with Crippen molar-refractivity contribution in [3.63, 3.8) is 0 Å². The van der Waals surface area contributed by atoms with E-state index in [4.69, 9.17) is 5.26 Å². The molecule has 0 amide bonds. The average molecular weight is 206 g/mol. The Balaban J connectivity index is 2.15. The topological polar surface area (TPSA) is 36.7 Å². The van der Waals surface area contributed by atoms with Crippen LogP contribution in [0.2, 0.25) is 0 Å². The monoisotopic (exact) mass is 206 g/mol. The van der Waals surface area contributed by atoms with Gasteiger partial charge in [-0.25, -0.2) is 4.98 Å². The first kappa shape index (κ1) is 10.1. The molecule has 16 heavy (non-hydrogen) atoms. The maximum atomic E-state index is 8.61. The summed E-state index contributed by atoms with van der Waals surface area (Å²) >= 11 is 0. The standard InChI is InChI=1S/C14H10N2/c15-10-14-9-8-13(11-16-14)7-6-12-4-2-1-3-5-12/h1-9,11H/b7-6+. The van der Waals surface area contributed by atoms with Crippen LogP contribution in [-0.4, -0.2) is 4.98 Å². The minimum atomic E-state index is 0.442. The van der Waals surface area contributed by atoms with Gasteiger partial charge >= 0.3 is 0 Å². The third kappa shape index (κ3) is 2.55. The van der Waals surface area contributed by atoms with E-state index in [0.29, 0.717) is 5.69 Å². The third-order valence-electron chi connectivity index (χ3n) is 2.17. The summed E-state index contributed by atoms with van der Waals surface area (Å²) in [6.07, 6.45) is 5.69. The molecule has 0 fully saturated rings. The number of nitrogens with zero attached hydrogens (tertiary/aromatic N) is 2. The van der Waals surface area contributed by atoms with Gasteiger partial charge < -0.3 is 0 Å². The van der Waals surface area contributed by atoms with Crippen LogP contribution in [0, 0.1) is 11.3 Å². The van der Waals surface area contributed by atoms with Crippen molar-refractivity contribution >= 4 is 12.2 Å². The van der Waals surface area contributed by atoms with Crippen LogP contribution in [-0.2, 0) is 0 Å². The quantitative estimate of drug-likeness (QED) is 0.756. The Bertz CT molecular complexity index is 519. The van der Waals surface area contributed by atoms with E-state index >= 15 is 0 Å². The van der Waals surface area contributed by atoms with Gasteiger partial charge in [0, 0.05) is 6.20 Å². The molecule has 0 unspecified atom stereocenters. The Labute approximate surface area is 94.5 Å². The van der Waals surface area contributed by atoms with Crippen LogP contribution in [0.15, 0.2) is 48.7 Å². The second-order valence-corrected chi connectivity index (χ2v) is 3.33. The molecule has 2 nitrogen and oxygen atoms in total. The lowest BCUT2D eigenvalue weighted by atomic mass is 10.1. The van der Waals surface area contributed by atoms with E-state index in [9.17, 15) is 0 Å². The molecule has 0 N–H and O–H groups in total. The van der Waals surface area contributed by atoms with Crippen molar-refractivity contribution in [2.75, 3.05) is 0 Å². The Morgan fingerprint density at radius 3 is 2.31 bits per heavy atom. The molecule has 2 heteroatoms. The van der Waals surface area contributed by atoms with E-state index in [1.165, 1.54) is 0 Å². The summed E-state index contributed by atoms with van der Waals surface area (Å²) < 4.78 is 0. The molecule has 0 aliphatic rings. The summed E-state index contributed by atoms with van der Waals surface area (Å²) in [6.45, 7) is 0. The van der Waals surface area contributed by atoms with E-state index < -0.39 is 0 Å². The van der Waals surface area contributed by atoms with Gasteiger partial charge in [-0.3, -0.25) is 0 Å². The Morgan fingerprint density at radius 1 is 0.938 bits per heavy atom. The second kappa shape index (κ2) is 4.90. The predicted octanol–water partition coefficient (Wildman–Crippen LogP) is 3.12. The molecular formula is C14H10N2. The molecule has 1 heterocycles. The van der Waals surface area contributed by atoms with Crippen LogP contribution >= 0.6 is 0 Å². The zero-order chi connectivity index (χ0) is 11.2. The van der Waals surface area contributed by atoms with Gasteiger partial charge in [0.05, 0.1) is 0 Å². The summed E-state index contributed by atoms with van der Waals surface area (Å²) in [5.41, 5.74) is 2.58. The fraction of sp³-hybridized carbons (Fsp3) is 0. The zero-order valence-corrected chi connectivity index (χ0v) is 8.67. The number of hydrogen-bond donors (Lipinski definition) is 0. The first-order valence-corrected chi connectivity index (χ1v) is 4.98. The van der Waals surface area contributed by atoms with Gasteiger partial charge in [-0.1, -0.05) is 48.6 Å². The highest BCUT2D eigenvalue weighted by atomic mass is 14.7. The predicted molar refractivity (Wildman–Crippen MR) is 64.3 cm³/mol. The Hall–Kier alpha value is -2.40. The molecule has 2 rings (SSSR count). The highest BCUT2D eigenvalue weighted by molar-refractivity contribution is 5.69. The molecule has 0 aliphatic heterocycles. The van der Waals surface area contributed by atoms with Gasteiger partial charge in [0.25, 0.3) is 0 Å². The lowest BCUT2D eigenvalue weighted by molar-refractivity contribution is 1.26. The van der Waals surface area contributed by atoms with Crippen LogP contribution in [0.1, 0.15) is 16.8 Å². The van der Waals surface area contributed by atoms with Crippen molar-refractivity contribution in [2.24, 2.45) is 0 Å². The van der Waals surface area contributed by atoms with Crippen molar-refractivity contribution in [3.8, 4) is 6.07 Å². The molecule has 0 radical (unpaired) electrons. The molecule has 0 saturated heterocycles. The SMILES string of the molecule is N#Cc1ccc(/C=C/c2ccccc2)cn1. The van der Waals surface area contributed by atoms with Crippen molar-refractivity contribution in [2.45, 2.75) is 0 Å². The van der Waals surface area contributed by atoms with Gasteiger partial charge in [-0.15, -0.1) is 0 Å². The summed E-state index contributed by atoms with van der Waals surface area (Å²) in [4.78, 5) is 4.00. The van der Waals surface area contributed by atoms with E-state index in [-0.39, 0.29) is 0 Å². The molecule has 0 aliphatic carbocycles. The van der Waals surface area contributed by atoms with E-state index in [1.807, 2.05) is 54.6 Å². The van der Waals surface area contributed by atoms with Crippen molar-refractivity contribution in [3.05, 3.63) is 65.5 Å². The van der Waals surface area contributed by atoms with Gasteiger partial charge in [-0.2, -0.15) is 5.26 Å². The molecule has 0 saturated carbocycles. The average Bonchev–Trinajstić information content (AvgIpc) is 2.38. The molecule has 2 aromatic rings. The number of nitriles is 1. The molecule has 0 atom stereocenters. The lowest BCUT2D eigenvalue weighted by Gasteiger charge is -1.93. The second-order valence-electron chi connectivity index (χ2n) is 3.33. The van der Waals surface area contributed by atoms with Gasteiger partial charge in [0.1, 0.15) is 11.8 Å². The minimum absolute atomic E-state index is 0.442. The highest BCUT2D eigenvalue weighted by Gasteiger charge is 1.90. The minimum Gasteiger partial charge on any atom is -0.245 e. The van der Waals surface area contributed by atoms with Crippen molar-refractivity contribution in [1.29, 1.82) is 5.26 Å². The maximum absolute atomic E-state index is 8.61. The maximum Gasteiger partial charge on any atom is 0.140 e. The Kier molecular flexibility index (Phi) is 3.10. The first-order chi connectivity index (χ1) is 7.88. The van der Waals surface area contributed by atoms with Crippen LogP contribution in [0.5, 0.6) is 0 Å². The van der Waals surface area contributed by atoms with Gasteiger partial charge in [-0.05, 0) is 17.2 Å². The van der Waals surface area contributed by atoms with Crippen LogP contribution in [0.25, 0.3) is 12.2 Å². The summed E-state index contributed by atoms with van der Waals surface area (Å²) in [5, 5.41) is 8.61. The van der Waals surface area contributed by atoms with E-state index in [1.54, 1.807) is 12.3 Å². The fourth-order valence-electron chi connectivity index (χ4n) is 1.33. The molecule has 0 bridgehead atoms. The van der Waals surface area contributed by atoms with Gasteiger partial charge in [0.2, 0.25) is 0 Å². The fourth-order valence-corrected chi connectivity index (χ4v) is 1.33. The summed E-state index contributed by atoms with van der Waals surface area (Å²) in [6, 6.07) is 15.6. The lowest BCUT2D eigenvalue weighted by Crippen LogP contribution is -1.81. The smallest absolute Gasteiger partial charge is 0.140 e. The zero-order valence-electron chi connectivity index (χ0n) is 8.67. The molecule has 1 aromatic carbocycles. The third-order valence-corrected chi connectivity index (χ3v) is 2.17. The van der Waals surface area contributed by atoms with Crippen LogP contribution in [0.4, 0.5) is 0 Å². The molecule has 76 valence electrons. The van der Waals surface area contributed by atoms with Gasteiger partial charge in [0.15, 0.2) is 0 Å². The molecule has 1 aromatic heterocycles. The molecule has 0 spiro atoms. The number of pyridine rings is 1. The number of benzene rings is 1. The summed E-state index contributed by atoms with van der Waals surface area (Å²) in [7, 11) is 0. The van der Waals surface area contributed by atoms with Crippen LogP contribution in [0.3, 0.4) is 0 Å². The highest BCUT2D eigenvalue weighted by Crippen LogP contribution is 2.07. The molecular weight excluding hydrogens is 196 g/mol. The Morgan fingerprint density at radius 2 is 1.69 bits per heavy atom.